The van der Waals surface area contributed by atoms with Crippen LogP contribution in [0, 0.1) is 0 Å². The number of hydrogen-bond donors (Lipinski definition) is 1. The number of nitrogens with zero attached hydrogens (tertiary/aromatic N) is 5. The molecule has 1 saturated carbocycles. The molecule has 2 aromatic carbocycles. The fourth-order valence-electron chi connectivity index (χ4n) is 6.10. The Morgan fingerprint density at radius 3 is 2.49 bits per heavy atom. The zero-order valence-electron chi connectivity index (χ0n) is 21.6. The lowest BCUT2D eigenvalue weighted by atomic mass is 9.90. The van der Waals surface area contributed by atoms with E-state index in [0.717, 1.165) is 79.7 Å². The topological polar surface area (TPSA) is 112 Å². The molecular formula is C30H30N6O3. The lowest BCUT2D eigenvalue weighted by Crippen LogP contribution is -2.45. The number of fused-ring (bicyclic) bond motifs is 2. The highest BCUT2D eigenvalue weighted by Gasteiger charge is 2.30. The largest absolute Gasteiger partial charge is 0.453 e. The molecule has 4 heterocycles. The number of ether oxygens (including phenoxy) is 1. The van der Waals surface area contributed by atoms with Gasteiger partial charge in [-0.1, -0.05) is 30.3 Å². The zero-order valence-corrected chi connectivity index (χ0v) is 21.6. The molecule has 9 nitrogen and oxygen atoms in total. The van der Waals surface area contributed by atoms with Crippen molar-refractivity contribution in [2.45, 2.75) is 37.8 Å². The van der Waals surface area contributed by atoms with Crippen LogP contribution in [-0.2, 0) is 4.74 Å². The van der Waals surface area contributed by atoms with Crippen molar-refractivity contribution >= 4 is 33.6 Å². The number of nitrogens with two attached hydrogens (primary N) is 1. The second kappa shape index (κ2) is 9.91. The van der Waals surface area contributed by atoms with E-state index in [9.17, 15) is 4.79 Å². The number of anilines is 1. The van der Waals surface area contributed by atoms with E-state index in [2.05, 4.69) is 19.5 Å². The molecule has 3 aromatic heterocycles. The van der Waals surface area contributed by atoms with E-state index in [1.165, 1.54) is 6.33 Å². The lowest BCUT2D eigenvalue weighted by Gasteiger charge is -2.38. The van der Waals surface area contributed by atoms with Gasteiger partial charge in [0, 0.05) is 35.6 Å². The highest BCUT2D eigenvalue weighted by atomic mass is 16.5. The van der Waals surface area contributed by atoms with Gasteiger partial charge in [-0.2, -0.15) is 5.10 Å². The van der Waals surface area contributed by atoms with Crippen LogP contribution in [0.25, 0.3) is 33.3 Å². The van der Waals surface area contributed by atoms with E-state index in [4.69, 9.17) is 20.0 Å². The summed E-state index contributed by atoms with van der Waals surface area (Å²) in [6.07, 6.45) is 5.84. The standard InChI is InChI=1S/C30H30N6O3/c31-29-26-27(20-6-11-24-21(16-20)17-25(39-24)28(37)19-4-2-1-3-5-19)34-36(30(26)33-18-32-29)23-9-7-22(8-10-23)35-12-14-38-15-13-35/h1-6,11,16-18,22-23H,7-10,12-15H2,(H2,31,32,33). The molecule has 5 aromatic rings. The summed E-state index contributed by atoms with van der Waals surface area (Å²) in [5.74, 6) is 0.576. The van der Waals surface area contributed by atoms with Crippen molar-refractivity contribution in [1.29, 1.82) is 0 Å². The number of furan rings is 1. The van der Waals surface area contributed by atoms with Gasteiger partial charge in [-0.25, -0.2) is 14.6 Å². The number of hydrogen-bond acceptors (Lipinski definition) is 8. The highest BCUT2D eigenvalue weighted by molar-refractivity contribution is 6.09. The number of carbonyl (C=O) groups is 1. The fourth-order valence-corrected chi connectivity index (χ4v) is 6.10. The highest BCUT2D eigenvalue weighted by Crippen LogP contribution is 2.38. The summed E-state index contributed by atoms with van der Waals surface area (Å²) in [7, 11) is 0. The Hall–Kier alpha value is -4.08. The third-order valence-electron chi connectivity index (χ3n) is 8.14. The van der Waals surface area contributed by atoms with Gasteiger partial charge >= 0.3 is 0 Å². The molecular weight excluding hydrogens is 492 g/mol. The first-order valence-electron chi connectivity index (χ1n) is 13.6. The van der Waals surface area contributed by atoms with Gasteiger partial charge in [-0.05, 0) is 49.9 Å². The average Bonchev–Trinajstić information content (AvgIpc) is 3.60. The molecule has 1 aliphatic heterocycles. The van der Waals surface area contributed by atoms with Crippen LogP contribution in [-0.4, -0.2) is 62.8 Å². The molecule has 2 fully saturated rings. The normalized spacial score (nSPS) is 20.5. The Kier molecular flexibility index (Phi) is 6.09. The van der Waals surface area contributed by atoms with Crippen molar-refractivity contribution in [2.75, 3.05) is 32.0 Å². The number of aromatic nitrogens is 4. The minimum absolute atomic E-state index is 0.145. The van der Waals surface area contributed by atoms with Crippen LogP contribution < -0.4 is 5.73 Å². The molecule has 39 heavy (non-hydrogen) atoms. The first kappa shape index (κ1) is 24.0. The summed E-state index contributed by atoms with van der Waals surface area (Å²) in [4.78, 5) is 24.4. The first-order valence-corrected chi connectivity index (χ1v) is 13.6. The van der Waals surface area contributed by atoms with Crippen LogP contribution in [0.3, 0.4) is 0 Å². The van der Waals surface area contributed by atoms with E-state index in [1.54, 1.807) is 18.2 Å². The zero-order chi connectivity index (χ0) is 26.3. The molecule has 1 aliphatic carbocycles. The van der Waals surface area contributed by atoms with Crippen molar-refractivity contribution in [2.24, 2.45) is 0 Å². The van der Waals surface area contributed by atoms with Crippen molar-refractivity contribution < 1.29 is 13.9 Å². The summed E-state index contributed by atoms with van der Waals surface area (Å²) < 4.78 is 13.5. The van der Waals surface area contributed by atoms with Crippen molar-refractivity contribution in [1.82, 2.24) is 24.6 Å². The molecule has 2 aliphatic rings. The van der Waals surface area contributed by atoms with E-state index in [-0.39, 0.29) is 11.8 Å². The van der Waals surface area contributed by atoms with Crippen LogP contribution in [0.1, 0.15) is 47.8 Å². The molecule has 198 valence electrons. The van der Waals surface area contributed by atoms with Gasteiger partial charge in [0.05, 0.1) is 24.6 Å². The van der Waals surface area contributed by atoms with E-state index in [1.807, 2.05) is 36.4 Å². The first-order chi connectivity index (χ1) is 19.2. The molecule has 0 spiro atoms. The van der Waals surface area contributed by atoms with Gasteiger partial charge < -0.3 is 14.9 Å². The Labute approximate surface area is 225 Å². The fraction of sp³-hybridized carbons (Fsp3) is 0.333. The van der Waals surface area contributed by atoms with Crippen LogP contribution in [0.4, 0.5) is 5.82 Å². The Morgan fingerprint density at radius 1 is 0.923 bits per heavy atom. The third kappa shape index (κ3) is 4.37. The molecule has 2 N–H and O–H groups in total. The molecule has 0 amide bonds. The quantitative estimate of drug-likeness (QED) is 0.326. The molecule has 1 saturated heterocycles. The Balaban J connectivity index is 1.21. The number of nitrogen functional groups attached to an aromatic ring is 1. The summed E-state index contributed by atoms with van der Waals surface area (Å²) >= 11 is 0. The number of rotatable bonds is 5. The molecule has 0 atom stereocenters. The molecule has 9 heteroatoms. The molecule has 0 unspecified atom stereocenters. The van der Waals surface area contributed by atoms with Crippen LogP contribution >= 0.6 is 0 Å². The molecule has 7 rings (SSSR count). The second-order valence-corrected chi connectivity index (χ2v) is 10.4. The third-order valence-corrected chi connectivity index (χ3v) is 8.14. The van der Waals surface area contributed by atoms with E-state index < -0.39 is 0 Å². The average molecular weight is 523 g/mol. The van der Waals surface area contributed by atoms with Gasteiger partial charge in [0.15, 0.2) is 11.4 Å². The van der Waals surface area contributed by atoms with Gasteiger partial charge in [-0.3, -0.25) is 9.69 Å². The Bertz CT molecular complexity index is 1650. The number of morpholine rings is 1. The monoisotopic (exact) mass is 522 g/mol. The second-order valence-electron chi connectivity index (χ2n) is 10.4. The lowest BCUT2D eigenvalue weighted by molar-refractivity contribution is 0.00520. The van der Waals surface area contributed by atoms with E-state index >= 15 is 0 Å². The van der Waals surface area contributed by atoms with Gasteiger partial charge in [-0.15, -0.1) is 0 Å². The van der Waals surface area contributed by atoms with Crippen molar-refractivity contribution in [3.63, 3.8) is 0 Å². The number of carbonyl (C=O) groups excluding carboxylic acids is 1. The summed E-state index contributed by atoms with van der Waals surface area (Å²) in [6.45, 7) is 3.69. The minimum Gasteiger partial charge on any atom is -0.453 e. The van der Waals surface area contributed by atoms with Gasteiger partial charge in [0.1, 0.15) is 23.4 Å². The maximum absolute atomic E-state index is 12.9. The maximum atomic E-state index is 12.9. The number of benzene rings is 2. The summed E-state index contributed by atoms with van der Waals surface area (Å²) in [6, 6.07) is 17.6. The minimum atomic E-state index is -0.145. The van der Waals surface area contributed by atoms with Crippen LogP contribution in [0.2, 0.25) is 0 Å². The molecule has 0 radical (unpaired) electrons. The van der Waals surface area contributed by atoms with Crippen LogP contribution in [0.5, 0.6) is 0 Å². The molecule has 0 bridgehead atoms. The predicted octanol–water partition coefficient (Wildman–Crippen LogP) is 4.87. The van der Waals surface area contributed by atoms with E-state index in [0.29, 0.717) is 28.8 Å². The maximum Gasteiger partial charge on any atom is 0.228 e. The summed E-state index contributed by atoms with van der Waals surface area (Å²) in [5.41, 5.74) is 10.0. The van der Waals surface area contributed by atoms with Crippen molar-refractivity contribution in [3.8, 4) is 11.3 Å². The number of ketones is 1. The summed E-state index contributed by atoms with van der Waals surface area (Å²) in [5, 5.41) is 6.67. The van der Waals surface area contributed by atoms with Gasteiger partial charge in [0.25, 0.3) is 0 Å². The SMILES string of the molecule is Nc1ncnc2c1c(-c1ccc3oc(C(=O)c4ccccc4)cc3c1)nn2C1CCC(N2CCOCC2)CC1. The Morgan fingerprint density at radius 2 is 1.69 bits per heavy atom. The van der Waals surface area contributed by atoms with Crippen LogP contribution in [0.15, 0.2) is 65.3 Å². The van der Waals surface area contributed by atoms with Gasteiger partial charge in [0.2, 0.25) is 5.78 Å². The smallest absolute Gasteiger partial charge is 0.228 e. The van der Waals surface area contributed by atoms with Crippen molar-refractivity contribution in [3.05, 3.63) is 72.2 Å². The predicted molar refractivity (Wildman–Crippen MR) is 149 cm³/mol.